The van der Waals surface area contributed by atoms with Crippen LogP contribution in [-0.4, -0.2) is 109 Å². The number of hydrogen-bond acceptors (Lipinski definition) is 19. The van der Waals surface area contributed by atoms with E-state index in [2.05, 4.69) is 9.98 Å². The molecule has 0 saturated heterocycles. The third-order valence-electron chi connectivity index (χ3n) is 15.0. The second kappa shape index (κ2) is 20.8. The van der Waals surface area contributed by atoms with Crippen molar-refractivity contribution < 1.29 is 83.1 Å². The van der Waals surface area contributed by atoms with Gasteiger partial charge in [0, 0.05) is 81.9 Å². The Bertz CT molecular complexity index is 3620. The van der Waals surface area contributed by atoms with Gasteiger partial charge in [-0.3, -0.25) is 24.4 Å². The summed E-state index contributed by atoms with van der Waals surface area (Å²) < 4.78 is 24.8. The number of hydrogen-bond donors (Lipinski definition) is 12. The number of phenolic OH excluding ortho intramolecular Hbond substituents is 4. The van der Waals surface area contributed by atoms with Gasteiger partial charge in [0.25, 0.3) is 0 Å². The lowest BCUT2D eigenvalue weighted by Crippen LogP contribution is -2.59. The number of carboxylic acid groups (broad SMARTS) is 2. The number of nitrogens with zero attached hydrogens (tertiary/aromatic N) is 2. The van der Waals surface area contributed by atoms with E-state index in [1.165, 1.54) is 48.5 Å². The van der Waals surface area contributed by atoms with Crippen LogP contribution < -0.4 is 43.9 Å². The van der Waals surface area contributed by atoms with Gasteiger partial charge in [0.15, 0.2) is 50.2 Å². The Morgan fingerprint density at radius 2 is 0.798 bits per heavy atom. The summed E-state index contributed by atoms with van der Waals surface area (Å²) in [6.07, 6.45) is -1.27. The summed E-state index contributed by atoms with van der Waals surface area (Å²) >= 11 is 15.6. The Hall–Kier alpha value is -9.95. The summed E-state index contributed by atoms with van der Waals surface area (Å²) in [7, 11) is 0. The Morgan fingerprint density at radius 1 is 0.500 bits per heavy atom. The maximum Gasteiger partial charge on any atom is 0.340 e. The van der Waals surface area contributed by atoms with Gasteiger partial charge in [-0.2, -0.15) is 0 Å². The van der Waals surface area contributed by atoms with Gasteiger partial charge in [-0.25, -0.2) is 19.2 Å². The van der Waals surface area contributed by atoms with E-state index in [4.69, 9.17) is 76.6 Å². The molecule has 6 aromatic rings. The van der Waals surface area contributed by atoms with Crippen LogP contribution in [0.1, 0.15) is 112 Å². The van der Waals surface area contributed by atoms with Gasteiger partial charge in [0.2, 0.25) is 0 Å². The number of guanidine groups is 2. The minimum atomic E-state index is -3.90. The van der Waals surface area contributed by atoms with E-state index in [9.17, 15) is 40.2 Å². The first kappa shape index (κ1) is 57.3. The molecule has 18 N–H and O–H groups in total. The van der Waals surface area contributed by atoms with E-state index >= 15 is 24.0 Å². The lowest BCUT2D eigenvalue weighted by molar-refractivity contribution is -0.137. The molecule has 0 radical (unpaired) electrons. The zero-order valence-electron chi connectivity index (χ0n) is 43.4. The number of phenols is 4. The number of fused-ring (bicyclic) bond motifs is 12. The molecule has 4 heterocycles. The fourth-order valence-corrected chi connectivity index (χ4v) is 12.4. The number of rotatable bonds is 18. The highest BCUT2D eigenvalue weighted by atomic mass is 35.5. The number of Topliss-reactive ketones (excluding diaryl/α,β-unsaturated/α-hetero) is 3. The number of aliphatic imine (C=N–C) groups is 2. The van der Waals surface area contributed by atoms with E-state index in [1.54, 1.807) is 0 Å². The molecule has 0 aromatic heterocycles. The maximum absolute atomic E-state index is 17.1. The van der Waals surface area contributed by atoms with Gasteiger partial charge < -0.3 is 84.0 Å². The molecular formula is C57H48Cl2N8O17. The molecule has 0 aliphatic carbocycles. The summed E-state index contributed by atoms with van der Waals surface area (Å²) in [6.45, 7) is -0.390. The highest BCUT2D eigenvalue weighted by Gasteiger charge is 2.67. The van der Waals surface area contributed by atoms with Crippen molar-refractivity contribution in [2.75, 3.05) is 13.1 Å². The van der Waals surface area contributed by atoms with Gasteiger partial charge in [0.05, 0.1) is 34.3 Å². The zero-order chi connectivity index (χ0) is 60.7. The van der Waals surface area contributed by atoms with Crippen LogP contribution in [0.5, 0.6) is 46.0 Å². The van der Waals surface area contributed by atoms with E-state index in [0.29, 0.717) is 0 Å². The molecule has 84 heavy (non-hydrogen) atoms. The molecule has 4 aliphatic heterocycles. The highest BCUT2D eigenvalue weighted by Crippen LogP contribution is 2.62. The summed E-state index contributed by atoms with van der Waals surface area (Å²) in [5, 5.41) is 65.1. The van der Waals surface area contributed by atoms with Crippen molar-refractivity contribution >= 4 is 76.3 Å². The Morgan fingerprint density at radius 3 is 1.08 bits per heavy atom. The molecule has 0 amide bonds. The molecule has 0 bridgehead atoms. The van der Waals surface area contributed by atoms with Crippen LogP contribution in [0.4, 0.5) is 0 Å². The SMILES string of the molecule is NC(N)=NCCC[C@H](N)C(=O)C(Cl)(C(=O)C(Cl)(C(=O)[C@@H](N)CCCN=C(N)N)c1c(C(=O)O)ccc2c1C(=O)OC21c2ccc(O)cc2Oc2cc(O)ccc21)c1c(C(=O)O)ccc2c1C(=O)OC21c2ccc(O)cc2Oc2cc(O)ccc21. The number of ether oxygens (including phenoxy) is 4. The first-order chi connectivity index (χ1) is 39.7. The highest BCUT2D eigenvalue weighted by molar-refractivity contribution is 6.58. The van der Waals surface area contributed by atoms with Gasteiger partial charge in [-0.05, 0) is 86.3 Å². The van der Waals surface area contributed by atoms with Crippen molar-refractivity contribution in [1.29, 1.82) is 0 Å². The molecule has 10 rings (SSSR count). The first-order valence-corrected chi connectivity index (χ1v) is 26.1. The third kappa shape index (κ3) is 8.74. The third-order valence-corrected chi connectivity index (χ3v) is 16.0. The molecular weight excluding hydrogens is 1140 g/mol. The van der Waals surface area contributed by atoms with Crippen LogP contribution in [0.25, 0.3) is 0 Å². The summed E-state index contributed by atoms with van der Waals surface area (Å²) in [5.41, 5.74) is 23.7. The number of aromatic hydroxyl groups is 4. The Balaban J connectivity index is 1.32. The molecule has 0 fully saturated rings. The molecule has 25 nitrogen and oxygen atoms in total. The van der Waals surface area contributed by atoms with Gasteiger partial charge >= 0.3 is 23.9 Å². The fourth-order valence-electron chi connectivity index (χ4n) is 11.4. The molecule has 6 aromatic carbocycles. The van der Waals surface area contributed by atoms with Crippen molar-refractivity contribution in [1.82, 2.24) is 0 Å². The van der Waals surface area contributed by atoms with Gasteiger partial charge in [-0.15, -0.1) is 0 Å². The smallest absolute Gasteiger partial charge is 0.340 e. The summed E-state index contributed by atoms with van der Waals surface area (Å²) in [6, 6.07) is 14.3. The second-order valence-electron chi connectivity index (χ2n) is 20.0. The average Bonchev–Trinajstić information content (AvgIpc) is 1.43. The number of alkyl halides is 2. The van der Waals surface area contributed by atoms with E-state index in [0.717, 1.165) is 48.5 Å². The van der Waals surface area contributed by atoms with Crippen molar-refractivity contribution in [3.63, 3.8) is 0 Å². The largest absolute Gasteiger partial charge is 0.508 e. The minimum Gasteiger partial charge on any atom is -0.508 e. The topological polar surface area (TPSA) is 459 Å². The van der Waals surface area contributed by atoms with Crippen molar-refractivity contribution in [3.05, 3.63) is 164 Å². The Kier molecular flexibility index (Phi) is 14.2. The number of aromatic carboxylic acids is 2. The zero-order valence-corrected chi connectivity index (χ0v) is 44.9. The van der Waals surface area contributed by atoms with Gasteiger partial charge in [0.1, 0.15) is 46.0 Å². The monoisotopic (exact) mass is 1190 g/mol. The molecule has 4 atom stereocenters. The quantitative estimate of drug-likeness (QED) is 0.0144. The number of nitrogens with two attached hydrogens (primary N) is 6. The van der Waals surface area contributed by atoms with E-state index in [1.807, 2.05) is 0 Å². The second-order valence-corrected chi connectivity index (χ2v) is 21.1. The van der Waals surface area contributed by atoms with Crippen LogP contribution in [0.15, 0.2) is 107 Å². The number of carboxylic acids is 2. The summed E-state index contributed by atoms with van der Waals surface area (Å²) in [4.78, 5) is 108. The van der Waals surface area contributed by atoms with Crippen molar-refractivity contribution in [2.24, 2.45) is 44.4 Å². The van der Waals surface area contributed by atoms with Crippen LogP contribution in [0.2, 0.25) is 0 Å². The van der Waals surface area contributed by atoms with Crippen molar-refractivity contribution in [2.45, 2.75) is 58.7 Å². The fraction of sp³-hybridized carbons (Fsp3) is 0.211. The standard InChI is InChI=1S/C57H48Cl2N8O17/c58-54(45(72)35(60)3-1-17-66-52(62)63,43-27(47(74)75)9-15-33-41(43)49(78)83-56(33)29-11-5-23(68)19-37(29)81-38-20-24(69)6-12-30(38)56)51(80)55(59,46(73)36(61)4-2-18-67-53(64)65)44-28(48(76)77)10-16-34-42(44)50(79)84-57(34)31-13-7-25(70)21-39(31)82-40-22-26(71)8-14-32(40)57/h5-16,19-22,35-36,68-71H,1-4,17-18,60-61H2,(H,74,75)(H,76,77)(H4,62,63,66)(H4,64,65,67)/t35-,36-,54?,55?/m0/s1. The molecule has 432 valence electrons. The molecule has 4 aliphatic rings. The normalized spacial score (nSPS) is 16.4. The number of benzene rings is 6. The maximum atomic E-state index is 17.1. The number of carbonyl (C=O) groups excluding carboxylic acids is 5. The number of ketones is 3. The number of esters is 2. The lowest BCUT2D eigenvalue weighted by Gasteiger charge is -2.39. The number of carbonyl (C=O) groups is 7. The van der Waals surface area contributed by atoms with Crippen LogP contribution in [0.3, 0.4) is 0 Å². The van der Waals surface area contributed by atoms with Crippen LogP contribution in [0, 0.1) is 0 Å². The predicted molar refractivity (Wildman–Crippen MR) is 296 cm³/mol. The van der Waals surface area contributed by atoms with Crippen LogP contribution in [-0.2, 0) is 44.8 Å². The van der Waals surface area contributed by atoms with E-state index in [-0.39, 0.29) is 117 Å². The van der Waals surface area contributed by atoms with Crippen LogP contribution >= 0.6 is 23.2 Å². The molecule has 0 saturated carbocycles. The lowest BCUT2D eigenvalue weighted by atomic mass is 9.68. The summed E-state index contributed by atoms with van der Waals surface area (Å²) in [5.74, 6) is -15.2. The average molecular weight is 1190 g/mol. The molecule has 2 unspecified atom stereocenters. The Labute approximate surface area is 483 Å². The van der Waals surface area contributed by atoms with Gasteiger partial charge in [-0.1, -0.05) is 35.3 Å². The van der Waals surface area contributed by atoms with E-state index < -0.39 is 120 Å². The number of halogens is 2. The van der Waals surface area contributed by atoms with Crippen molar-refractivity contribution in [3.8, 4) is 46.0 Å². The first-order valence-electron chi connectivity index (χ1n) is 25.3. The predicted octanol–water partition coefficient (Wildman–Crippen LogP) is 4.08. The molecule has 27 heteroatoms. The molecule has 2 spiro atoms. The minimum absolute atomic E-state index is 0.0393.